The van der Waals surface area contributed by atoms with Crippen molar-refractivity contribution in [3.63, 3.8) is 0 Å². The maximum Gasteiger partial charge on any atom is 0.312 e. The summed E-state index contributed by atoms with van der Waals surface area (Å²) in [5.41, 5.74) is 0.868. The molecule has 1 N–H and O–H groups in total. The molecule has 1 aliphatic rings. The second kappa shape index (κ2) is 6.68. The number of aliphatic carboxylic acids is 1. The number of benzene rings is 1. The molecule has 104 valence electrons. The molecule has 1 aliphatic heterocycles. The van der Waals surface area contributed by atoms with E-state index in [0.717, 1.165) is 31.7 Å². The summed E-state index contributed by atoms with van der Waals surface area (Å²) in [4.78, 5) is 13.7. The molecule has 4 nitrogen and oxygen atoms in total. The van der Waals surface area contributed by atoms with Crippen LogP contribution in [-0.2, 0) is 9.53 Å². The Morgan fingerprint density at radius 1 is 1.47 bits per heavy atom. The molecule has 2 atom stereocenters. The predicted octanol–water partition coefficient (Wildman–Crippen LogP) is 1.97. The lowest BCUT2D eigenvalue weighted by Crippen LogP contribution is -2.36. The molecule has 19 heavy (non-hydrogen) atoms. The largest absolute Gasteiger partial charge is 0.481 e. The topological polar surface area (TPSA) is 49.8 Å². The third-order valence-electron chi connectivity index (χ3n) is 3.48. The minimum absolute atomic E-state index is 0.174. The molecular weight excluding hydrogens is 242 g/mol. The highest BCUT2D eigenvalue weighted by Gasteiger charge is 2.24. The van der Waals surface area contributed by atoms with Crippen molar-refractivity contribution in [2.45, 2.75) is 25.4 Å². The van der Waals surface area contributed by atoms with Crippen molar-refractivity contribution in [3.05, 3.63) is 35.9 Å². The molecule has 1 saturated heterocycles. The number of hydrogen-bond donors (Lipinski definition) is 1. The van der Waals surface area contributed by atoms with E-state index in [1.54, 1.807) is 0 Å². The Labute approximate surface area is 114 Å². The molecule has 1 aromatic rings. The molecule has 0 spiro atoms. The van der Waals surface area contributed by atoms with E-state index in [0.29, 0.717) is 6.54 Å². The molecule has 0 radical (unpaired) electrons. The zero-order valence-electron chi connectivity index (χ0n) is 11.3. The third kappa shape index (κ3) is 4.04. The van der Waals surface area contributed by atoms with Gasteiger partial charge in [-0.3, -0.25) is 9.69 Å². The van der Waals surface area contributed by atoms with Gasteiger partial charge in [0, 0.05) is 26.2 Å². The van der Waals surface area contributed by atoms with Crippen LogP contribution >= 0.6 is 0 Å². The first-order valence-electron chi connectivity index (χ1n) is 6.78. The highest BCUT2D eigenvalue weighted by molar-refractivity contribution is 5.76. The van der Waals surface area contributed by atoms with Gasteiger partial charge in [-0.2, -0.15) is 0 Å². The van der Waals surface area contributed by atoms with Crippen LogP contribution in [0.1, 0.15) is 24.8 Å². The van der Waals surface area contributed by atoms with Gasteiger partial charge in [0.2, 0.25) is 0 Å². The number of carbonyl (C=O) groups is 1. The number of carboxylic acid groups (broad SMARTS) is 1. The Balaban J connectivity index is 2.06. The molecule has 0 saturated carbocycles. The Morgan fingerprint density at radius 3 is 2.89 bits per heavy atom. The van der Waals surface area contributed by atoms with Gasteiger partial charge >= 0.3 is 5.97 Å². The molecule has 4 heteroatoms. The quantitative estimate of drug-likeness (QED) is 0.902. The zero-order chi connectivity index (χ0) is 13.7. The van der Waals surface area contributed by atoms with E-state index in [1.807, 2.05) is 37.3 Å². The SMILES string of the molecule is CC1CN(CC(C(=O)O)c2ccccc2)CCCO1. The van der Waals surface area contributed by atoms with Crippen LogP contribution in [0.3, 0.4) is 0 Å². The van der Waals surface area contributed by atoms with Gasteiger partial charge in [-0.1, -0.05) is 30.3 Å². The fraction of sp³-hybridized carbons (Fsp3) is 0.533. The molecule has 1 aromatic carbocycles. The highest BCUT2D eigenvalue weighted by Crippen LogP contribution is 2.19. The van der Waals surface area contributed by atoms with Crippen LogP contribution in [0.15, 0.2) is 30.3 Å². The summed E-state index contributed by atoms with van der Waals surface area (Å²) in [7, 11) is 0. The average molecular weight is 263 g/mol. The minimum atomic E-state index is -0.760. The fourth-order valence-corrected chi connectivity index (χ4v) is 2.52. The van der Waals surface area contributed by atoms with Crippen molar-refractivity contribution in [1.82, 2.24) is 4.90 Å². The summed E-state index contributed by atoms with van der Waals surface area (Å²) >= 11 is 0. The summed E-state index contributed by atoms with van der Waals surface area (Å²) < 4.78 is 5.59. The van der Waals surface area contributed by atoms with Crippen molar-refractivity contribution in [2.75, 3.05) is 26.2 Å². The van der Waals surface area contributed by atoms with E-state index in [4.69, 9.17) is 4.74 Å². The first-order valence-corrected chi connectivity index (χ1v) is 6.78. The maximum absolute atomic E-state index is 11.5. The van der Waals surface area contributed by atoms with Crippen LogP contribution in [0.4, 0.5) is 0 Å². The van der Waals surface area contributed by atoms with Crippen LogP contribution in [0, 0.1) is 0 Å². The molecule has 2 unspecified atom stereocenters. The lowest BCUT2D eigenvalue weighted by atomic mass is 9.98. The van der Waals surface area contributed by atoms with E-state index < -0.39 is 11.9 Å². The maximum atomic E-state index is 11.5. The van der Waals surface area contributed by atoms with Gasteiger partial charge in [-0.15, -0.1) is 0 Å². The molecule has 1 fully saturated rings. The summed E-state index contributed by atoms with van der Waals surface area (Å²) in [6, 6.07) is 9.45. The van der Waals surface area contributed by atoms with Crippen LogP contribution in [0.25, 0.3) is 0 Å². The van der Waals surface area contributed by atoms with Gasteiger partial charge in [0.25, 0.3) is 0 Å². The van der Waals surface area contributed by atoms with E-state index in [-0.39, 0.29) is 6.10 Å². The first kappa shape index (κ1) is 14.0. The summed E-state index contributed by atoms with van der Waals surface area (Å²) in [5.74, 6) is -1.23. The van der Waals surface area contributed by atoms with Crippen molar-refractivity contribution >= 4 is 5.97 Å². The molecule has 0 aliphatic carbocycles. The van der Waals surface area contributed by atoms with Crippen LogP contribution in [-0.4, -0.2) is 48.3 Å². The lowest BCUT2D eigenvalue weighted by Gasteiger charge is -2.25. The highest BCUT2D eigenvalue weighted by atomic mass is 16.5. The Kier molecular flexibility index (Phi) is 4.93. The number of nitrogens with zero attached hydrogens (tertiary/aromatic N) is 1. The molecule has 0 aromatic heterocycles. The Hall–Kier alpha value is -1.39. The zero-order valence-corrected chi connectivity index (χ0v) is 11.3. The van der Waals surface area contributed by atoms with Crippen molar-refractivity contribution < 1.29 is 14.6 Å². The van der Waals surface area contributed by atoms with Crippen molar-refractivity contribution in [2.24, 2.45) is 0 Å². The van der Waals surface area contributed by atoms with Gasteiger partial charge < -0.3 is 9.84 Å². The van der Waals surface area contributed by atoms with E-state index >= 15 is 0 Å². The Morgan fingerprint density at radius 2 is 2.21 bits per heavy atom. The second-order valence-electron chi connectivity index (χ2n) is 5.10. The summed E-state index contributed by atoms with van der Waals surface area (Å²) in [5, 5.41) is 9.44. The van der Waals surface area contributed by atoms with E-state index in [2.05, 4.69) is 4.90 Å². The monoisotopic (exact) mass is 263 g/mol. The lowest BCUT2D eigenvalue weighted by molar-refractivity contribution is -0.139. The molecular formula is C15H21NO3. The third-order valence-corrected chi connectivity index (χ3v) is 3.48. The van der Waals surface area contributed by atoms with Gasteiger partial charge in [-0.25, -0.2) is 0 Å². The van der Waals surface area contributed by atoms with Crippen molar-refractivity contribution in [3.8, 4) is 0 Å². The number of carboxylic acids is 1. The van der Waals surface area contributed by atoms with Crippen LogP contribution in [0.2, 0.25) is 0 Å². The molecule has 0 bridgehead atoms. The summed E-state index contributed by atoms with van der Waals surface area (Å²) in [6.45, 7) is 5.06. The smallest absolute Gasteiger partial charge is 0.312 e. The molecule has 1 heterocycles. The number of ether oxygens (including phenoxy) is 1. The van der Waals surface area contributed by atoms with Gasteiger partial charge in [0.1, 0.15) is 0 Å². The van der Waals surface area contributed by atoms with Gasteiger partial charge in [-0.05, 0) is 18.9 Å². The van der Waals surface area contributed by atoms with Crippen LogP contribution in [0.5, 0.6) is 0 Å². The van der Waals surface area contributed by atoms with E-state index in [1.165, 1.54) is 0 Å². The fourth-order valence-electron chi connectivity index (χ4n) is 2.52. The molecule has 2 rings (SSSR count). The normalized spacial score (nSPS) is 22.7. The van der Waals surface area contributed by atoms with Gasteiger partial charge in [0.05, 0.1) is 12.0 Å². The number of hydrogen-bond acceptors (Lipinski definition) is 3. The summed E-state index contributed by atoms with van der Waals surface area (Å²) in [6.07, 6.45) is 1.14. The van der Waals surface area contributed by atoms with E-state index in [9.17, 15) is 9.90 Å². The van der Waals surface area contributed by atoms with Gasteiger partial charge in [0.15, 0.2) is 0 Å². The average Bonchev–Trinajstić information content (AvgIpc) is 2.61. The minimum Gasteiger partial charge on any atom is -0.481 e. The second-order valence-corrected chi connectivity index (χ2v) is 5.10. The predicted molar refractivity (Wildman–Crippen MR) is 73.3 cm³/mol. The first-order chi connectivity index (χ1) is 9.16. The Bertz CT molecular complexity index is 407. The van der Waals surface area contributed by atoms with Crippen molar-refractivity contribution in [1.29, 1.82) is 0 Å². The standard InChI is InChI=1S/C15H21NO3/c1-12-10-16(8-5-9-19-12)11-14(15(17)18)13-6-3-2-4-7-13/h2-4,6-7,12,14H,5,8-11H2,1H3,(H,17,18). The number of rotatable bonds is 4. The molecule has 0 amide bonds. The van der Waals surface area contributed by atoms with Crippen LogP contribution < -0.4 is 0 Å².